The molecule has 1 aromatic heterocycles. The number of carbonyl (C=O) groups excluding carboxylic acids is 4. The first-order chi connectivity index (χ1) is 16.7. The van der Waals surface area contributed by atoms with E-state index in [4.69, 9.17) is 4.74 Å². The van der Waals surface area contributed by atoms with Crippen LogP contribution in [0.4, 0.5) is 4.39 Å². The molecule has 0 bridgehead atoms. The molecule has 2 fully saturated rings. The molecule has 0 spiro atoms. The first kappa shape index (κ1) is 25.2. The van der Waals surface area contributed by atoms with Gasteiger partial charge in [0.05, 0.1) is 12.6 Å². The fourth-order valence-electron chi connectivity index (χ4n) is 4.42. The molecule has 2 aliphatic rings. The van der Waals surface area contributed by atoms with Gasteiger partial charge >= 0.3 is 5.97 Å². The van der Waals surface area contributed by atoms with Crippen LogP contribution in [0.25, 0.3) is 10.9 Å². The van der Waals surface area contributed by atoms with Crippen LogP contribution in [0.5, 0.6) is 0 Å². The lowest BCUT2D eigenvalue weighted by molar-refractivity contribution is -0.146. The molecule has 1 aromatic carbocycles. The van der Waals surface area contributed by atoms with E-state index in [9.17, 15) is 23.6 Å². The zero-order valence-corrected chi connectivity index (χ0v) is 20.9. The summed E-state index contributed by atoms with van der Waals surface area (Å²) in [5.74, 6) is -2.37. The summed E-state index contributed by atoms with van der Waals surface area (Å²) in [4.78, 5) is 53.7. The van der Waals surface area contributed by atoms with Crippen LogP contribution in [-0.4, -0.2) is 54.4 Å². The number of H-pyrrole nitrogens is 1. The average Bonchev–Trinajstić information content (AvgIpc) is 3.54. The van der Waals surface area contributed by atoms with Gasteiger partial charge in [0.25, 0.3) is 5.91 Å². The lowest BCUT2D eigenvalue weighted by Gasteiger charge is -2.27. The number of ether oxygens (including phenoxy) is 1. The lowest BCUT2D eigenvalue weighted by atomic mass is 9.91. The van der Waals surface area contributed by atoms with Crippen molar-refractivity contribution >= 4 is 50.5 Å². The summed E-state index contributed by atoms with van der Waals surface area (Å²) >= 11 is 3.28. The fraction of sp³-hybridized carbons (Fsp3) is 0.500. The third-order valence-corrected chi connectivity index (χ3v) is 7.12. The third kappa shape index (κ3) is 6.19. The number of esters is 1. The van der Waals surface area contributed by atoms with Crippen molar-refractivity contribution in [2.45, 2.75) is 50.6 Å². The van der Waals surface area contributed by atoms with Crippen LogP contribution < -0.4 is 16.0 Å². The molecule has 2 heterocycles. The minimum Gasteiger partial charge on any atom is -0.467 e. The Morgan fingerprint density at radius 2 is 1.91 bits per heavy atom. The highest BCUT2D eigenvalue weighted by Gasteiger charge is 2.35. The van der Waals surface area contributed by atoms with Crippen molar-refractivity contribution in [1.29, 1.82) is 0 Å². The van der Waals surface area contributed by atoms with Crippen LogP contribution in [0.1, 0.15) is 49.0 Å². The van der Waals surface area contributed by atoms with E-state index >= 15 is 0 Å². The zero-order chi connectivity index (χ0) is 25.1. The van der Waals surface area contributed by atoms with Gasteiger partial charge in [0.15, 0.2) is 0 Å². The number of fused-ring (bicyclic) bond motifs is 1. The van der Waals surface area contributed by atoms with E-state index in [0.29, 0.717) is 40.7 Å². The van der Waals surface area contributed by atoms with Gasteiger partial charge in [-0.05, 0) is 65.7 Å². The van der Waals surface area contributed by atoms with Gasteiger partial charge in [-0.15, -0.1) is 0 Å². The topological polar surface area (TPSA) is 129 Å². The molecule has 4 N–H and O–H groups in total. The highest BCUT2D eigenvalue weighted by molar-refractivity contribution is 9.10. The van der Waals surface area contributed by atoms with Crippen molar-refractivity contribution < 1.29 is 28.3 Å². The van der Waals surface area contributed by atoms with E-state index in [1.165, 1.54) is 25.3 Å². The number of carbonyl (C=O) groups is 4. The fourth-order valence-corrected chi connectivity index (χ4v) is 4.96. The second kappa shape index (κ2) is 10.8. The molecule has 11 heteroatoms. The summed E-state index contributed by atoms with van der Waals surface area (Å²) in [5, 5.41) is 8.74. The Labute approximate surface area is 210 Å². The van der Waals surface area contributed by atoms with Crippen LogP contribution in [0.15, 0.2) is 22.7 Å². The molecule has 9 nitrogen and oxygen atoms in total. The standard InChI is InChI=1S/C24H28BrFN4O5/c1-35-24(34)19(9-13-3-2-6-27-21(13)31)30-22(32)17(7-12-4-5-12)29-23(33)18-10-14-8-15(26)11-16(25)20(14)28-18/h8,10-13,17,19,28H,2-7,9H2,1H3,(H,27,31)(H,29,33)(H,30,32)/t13-,17?,19?/m0/s1. The molecule has 2 aromatic rings. The Morgan fingerprint density at radius 3 is 2.60 bits per heavy atom. The number of hydrogen-bond acceptors (Lipinski definition) is 5. The largest absolute Gasteiger partial charge is 0.467 e. The highest BCUT2D eigenvalue weighted by atomic mass is 79.9. The van der Waals surface area contributed by atoms with Crippen molar-refractivity contribution in [3.8, 4) is 0 Å². The maximum atomic E-state index is 13.7. The summed E-state index contributed by atoms with van der Waals surface area (Å²) in [7, 11) is 1.22. The molecule has 0 radical (unpaired) electrons. The summed E-state index contributed by atoms with van der Waals surface area (Å²) in [6, 6.07) is 2.23. The van der Waals surface area contributed by atoms with Gasteiger partial charge in [-0.25, -0.2) is 9.18 Å². The number of rotatable bonds is 9. The van der Waals surface area contributed by atoms with Crippen LogP contribution in [0.2, 0.25) is 0 Å². The zero-order valence-electron chi connectivity index (χ0n) is 19.3. The van der Waals surface area contributed by atoms with Crippen molar-refractivity contribution in [3.63, 3.8) is 0 Å². The molecule has 1 saturated heterocycles. The van der Waals surface area contributed by atoms with Crippen molar-refractivity contribution in [1.82, 2.24) is 20.9 Å². The third-order valence-electron chi connectivity index (χ3n) is 6.50. The Bertz CT molecular complexity index is 1150. The number of hydrogen-bond donors (Lipinski definition) is 4. The molecule has 1 aliphatic carbocycles. The van der Waals surface area contributed by atoms with Crippen LogP contribution in [-0.2, 0) is 19.1 Å². The Balaban J connectivity index is 1.48. The highest BCUT2D eigenvalue weighted by Crippen LogP contribution is 2.34. The predicted molar refractivity (Wildman–Crippen MR) is 129 cm³/mol. The SMILES string of the molecule is COC(=O)C(C[C@@H]1CCCNC1=O)NC(=O)C(CC1CC1)NC(=O)c1cc2cc(F)cc(Br)c2[nH]1. The first-order valence-electron chi connectivity index (χ1n) is 11.7. The van der Waals surface area contributed by atoms with Gasteiger partial charge in [-0.3, -0.25) is 14.4 Å². The molecule has 188 valence electrons. The number of aromatic nitrogens is 1. The lowest BCUT2D eigenvalue weighted by Crippen LogP contribution is -2.53. The van der Waals surface area contributed by atoms with E-state index in [1.807, 2.05) is 0 Å². The smallest absolute Gasteiger partial charge is 0.328 e. The number of benzene rings is 1. The van der Waals surface area contributed by atoms with Crippen LogP contribution >= 0.6 is 15.9 Å². The van der Waals surface area contributed by atoms with E-state index in [0.717, 1.165) is 19.3 Å². The van der Waals surface area contributed by atoms with Crippen molar-refractivity contribution in [2.24, 2.45) is 11.8 Å². The first-order valence-corrected chi connectivity index (χ1v) is 12.5. The molecule has 2 unspecified atom stereocenters. The molecular formula is C24H28BrFN4O5. The molecule has 1 aliphatic heterocycles. The van der Waals surface area contributed by atoms with Gasteiger partial charge in [-0.1, -0.05) is 12.8 Å². The Hall–Kier alpha value is -2.95. The minimum absolute atomic E-state index is 0.121. The quantitative estimate of drug-likeness (QED) is 0.356. The van der Waals surface area contributed by atoms with Gasteiger partial charge in [0.1, 0.15) is 23.6 Å². The van der Waals surface area contributed by atoms with Crippen molar-refractivity contribution in [2.75, 3.05) is 13.7 Å². The van der Waals surface area contributed by atoms with Gasteiger partial charge < -0.3 is 25.7 Å². The molecule has 3 atom stereocenters. The summed E-state index contributed by atoms with van der Waals surface area (Å²) in [6.45, 7) is 0.594. The second-order valence-corrected chi connectivity index (χ2v) is 10.0. The summed E-state index contributed by atoms with van der Waals surface area (Å²) in [5.41, 5.74) is 0.750. The Kier molecular flexibility index (Phi) is 7.73. The van der Waals surface area contributed by atoms with E-state index in [2.05, 4.69) is 36.9 Å². The molecule has 35 heavy (non-hydrogen) atoms. The minimum atomic E-state index is -1.01. The maximum absolute atomic E-state index is 13.7. The van der Waals surface area contributed by atoms with Gasteiger partial charge in [0, 0.05) is 22.3 Å². The number of piperidine rings is 1. The van der Waals surface area contributed by atoms with Gasteiger partial charge in [-0.2, -0.15) is 0 Å². The number of nitrogens with one attached hydrogen (secondary N) is 4. The number of amides is 3. The second-order valence-electron chi connectivity index (χ2n) is 9.19. The van der Waals surface area contributed by atoms with Crippen LogP contribution in [0.3, 0.4) is 0 Å². The number of aromatic amines is 1. The molecule has 1 saturated carbocycles. The predicted octanol–water partition coefficient (Wildman–Crippen LogP) is 2.54. The Morgan fingerprint density at radius 1 is 1.14 bits per heavy atom. The van der Waals surface area contributed by atoms with Crippen molar-refractivity contribution in [3.05, 3.63) is 34.2 Å². The van der Waals surface area contributed by atoms with E-state index in [1.54, 1.807) is 0 Å². The van der Waals surface area contributed by atoms with E-state index in [-0.39, 0.29) is 18.0 Å². The number of halogens is 2. The monoisotopic (exact) mass is 550 g/mol. The summed E-state index contributed by atoms with van der Waals surface area (Å²) in [6.07, 6.45) is 3.88. The van der Waals surface area contributed by atoms with Gasteiger partial charge in [0.2, 0.25) is 11.8 Å². The molecule has 4 rings (SSSR count). The molecule has 3 amide bonds. The number of methoxy groups -OCH3 is 1. The van der Waals surface area contributed by atoms with Crippen LogP contribution in [0, 0.1) is 17.7 Å². The summed E-state index contributed by atoms with van der Waals surface area (Å²) < 4.78 is 19.1. The maximum Gasteiger partial charge on any atom is 0.328 e. The van der Waals surface area contributed by atoms with E-state index < -0.39 is 41.6 Å². The average molecular weight is 551 g/mol. The molecular weight excluding hydrogens is 523 g/mol. The normalized spacial score (nSPS) is 19.5.